The van der Waals surface area contributed by atoms with Gasteiger partial charge in [0.15, 0.2) is 11.5 Å². The van der Waals surface area contributed by atoms with E-state index in [2.05, 4.69) is 0 Å². The number of methoxy groups -OCH3 is 2. The van der Waals surface area contributed by atoms with Gasteiger partial charge in [-0.15, -0.1) is 0 Å². The van der Waals surface area contributed by atoms with Crippen molar-refractivity contribution in [1.82, 2.24) is 0 Å². The Morgan fingerprint density at radius 1 is 1.13 bits per heavy atom. The number of para-hydroxylation sites is 1. The molecule has 84 valence electrons. The van der Waals surface area contributed by atoms with Crippen LogP contribution in [-0.2, 0) is 0 Å². The van der Waals surface area contributed by atoms with E-state index in [0.717, 1.165) is 6.42 Å². The van der Waals surface area contributed by atoms with Crippen molar-refractivity contribution in [3.05, 3.63) is 18.2 Å². The highest BCUT2D eigenvalue weighted by molar-refractivity contribution is 5.50. The molecule has 2 N–H and O–H groups in total. The third kappa shape index (κ3) is 3.02. The van der Waals surface area contributed by atoms with Crippen LogP contribution >= 0.6 is 0 Å². The average molecular weight is 211 g/mol. The van der Waals surface area contributed by atoms with Gasteiger partial charge in [-0.25, -0.2) is 0 Å². The maximum absolute atomic E-state index is 5.56. The fourth-order valence-electron chi connectivity index (χ4n) is 1.22. The van der Waals surface area contributed by atoms with E-state index < -0.39 is 0 Å². The average Bonchev–Trinajstić information content (AvgIpc) is 2.29. The molecule has 1 aromatic rings. The number of nitrogens with two attached hydrogens (primary N) is 1. The number of hydrogen-bond donors (Lipinski definition) is 1. The van der Waals surface area contributed by atoms with Gasteiger partial charge in [-0.3, -0.25) is 0 Å². The summed E-state index contributed by atoms with van der Waals surface area (Å²) in [4.78, 5) is 0. The first kappa shape index (κ1) is 11.7. The Balaban J connectivity index is 2.80. The molecule has 4 heteroatoms. The quantitative estimate of drug-likeness (QED) is 0.723. The molecule has 1 aromatic carbocycles. The van der Waals surface area contributed by atoms with Gasteiger partial charge < -0.3 is 19.9 Å². The van der Waals surface area contributed by atoms with Gasteiger partial charge in [-0.1, -0.05) is 6.07 Å². The molecule has 0 unspecified atom stereocenters. The van der Waals surface area contributed by atoms with Crippen LogP contribution in [0.25, 0.3) is 0 Å². The molecule has 0 heterocycles. The minimum absolute atomic E-state index is 0.563. The summed E-state index contributed by atoms with van der Waals surface area (Å²) < 4.78 is 15.9. The first-order valence-corrected chi connectivity index (χ1v) is 4.87. The summed E-state index contributed by atoms with van der Waals surface area (Å²) in [6.07, 6.45) is 0.807. The molecule has 0 atom stereocenters. The fourth-order valence-corrected chi connectivity index (χ4v) is 1.22. The van der Waals surface area contributed by atoms with Crippen LogP contribution in [0.2, 0.25) is 0 Å². The Kier molecular flexibility index (Phi) is 4.77. The van der Waals surface area contributed by atoms with E-state index in [1.54, 1.807) is 14.2 Å². The smallest absolute Gasteiger partial charge is 0.203 e. The van der Waals surface area contributed by atoms with Gasteiger partial charge in [0.25, 0.3) is 0 Å². The zero-order valence-electron chi connectivity index (χ0n) is 9.16. The molecule has 0 saturated heterocycles. The van der Waals surface area contributed by atoms with E-state index in [1.807, 2.05) is 18.2 Å². The van der Waals surface area contributed by atoms with Gasteiger partial charge >= 0.3 is 0 Å². The minimum atomic E-state index is 0.563. The normalized spacial score (nSPS) is 9.80. The number of benzene rings is 1. The fraction of sp³-hybridized carbons (Fsp3) is 0.455. The lowest BCUT2D eigenvalue weighted by atomic mass is 10.3. The van der Waals surface area contributed by atoms with Crippen molar-refractivity contribution in [1.29, 1.82) is 0 Å². The van der Waals surface area contributed by atoms with Crippen molar-refractivity contribution < 1.29 is 14.2 Å². The molecule has 4 nitrogen and oxygen atoms in total. The third-order valence-corrected chi connectivity index (χ3v) is 1.98. The second-order valence-corrected chi connectivity index (χ2v) is 2.98. The minimum Gasteiger partial charge on any atom is -0.493 e. The summed E-state index contributed by atoms with van der Waals surface area (Å²) in [7, 11) is 3.20. The number of rotatable bonds is 6. The van der Waals surface area contributed by atoms with Crippen LogP contribution in [0.1, 0.15) is 6.42 Å². The van der Waals surface area contributed by atoms with Crippen molar-refractivity contribution in [2.75, 3.05) is 27.4 Å². The lowest BCUT2D eigenvalue weighted by Gasteiger charge is -2.13. The second-order valence-electron chi connectivity index (χ2n) is 2.98. The largest absolute Gasteiger partial charge is 0.493 e. The van der Waals surface area contributed by atoms with Crippen molar-refractivity contribution in [2.24, 2.45) is 5.73 Å². The molecular weight excluding hydrogens is 194 g/mol. The monoisotopic (exact) mass is 211 g/mol. The molecule has 0 aliphatic rings. The van der Waals surface area contributed by atoms with Gasteiger partial charge in [0.1, 0.15) is 0 Å². The van der Waals surface area contributed by atoms with Crippen LogP contribution in [0.5, 0.6) is 17.2 Å². The van der Waals surface area contributed by atoms with E-state index in [9.17, 15) is 0 Å². The molecule has 15 heavy (non-hydrogen) atoms. The molecule has 0 radical (unpaired) electrons. The summed E-state index contributed by atoms with van der Waals surface area (Å²) in [6, 6.07) is 5.52. The van der Waals surface area contributed by atoms with Crippen molar-refractivity contribution in [3.8, 4) is 17.2 Å². The Morgan fingerprint density at radius 2 is 1.73 bits per heavy atom. The molecule has 0 aliphatic carbocycles. The zero-order valence-corrected chi connectivity index (χ0v) is 9.16. The van der Waals surface area contributed by atoms with Gasteiger partial charge in [0.2, 0.25) is 5.75 Å². The molecule has 1 rings (SSSR count). The van der Waals surface area contributed by atoms with E-state index in [4.69, 9.17) is 19.9 Å². The molecule has 0 bridgehead atoms. The molecule has 0 fully saturated rings. The zero-order chi connectivity index (χ0) is 11.1. The van der Waals surface area contributed by atoms with Crippen molar-refractivity contribution in [2.45, 2.75) is 6.42 Å². The van der Waals surface area contributed by atoms with Crippen molar-refractivity contribution in [3.63, 3.8) is 0 Å². The Bertz CT molecular complexity index is 280. The second kappa shape index (κ2) is 6.14. The summed E-state index contributed by atoms with van der Waals surface area (Å²) in [5.74, 6) is 1.98. The van der Waals surface area contributed by atoms with E-state index in [1.165, 1.54) is 0 Å². The Labute approximate surface area is 89.9 Å². The predicted molar refractivity (Wildman–Crippen MR) is 58.7 cm³/mol. The van der Waals surface area contributed by atoms with Crippen LogP contribution < -0.4 is 19.9 Å². The van der Waals surface area contributed by atoms with Crippen LogP contribution in [0, 0.1) is 0 Å². The topological polar surface area (TPSA) is 53.7 Å². The maximum atomic E-state index is 5.56. The first-order chi connectivity index (χ1) is 7.33. The Hall–Kier alpha value is -1.42. The molecule has 0 aromatic heterocycles. The summed E-state index contributed by atoms with van der Waals surface area (Å²) in [6.45, 7) is 1.17. The molecule has 0 saturated carbocycles. The van der Waals surface area contributed by atoms with E-state index in [-0.39, 0.29) is 0 Å². The standard InChI is InChI=1S/C11H17NO3/c1-13-9-5-3-6-10(14-2)11(9)15-8-4-7-12/h3,5-6H,4,7-8,12H2,1-2H3. The first-order valence-electron chi connectivity index (χ1n) is 4.87. The highest BCUT2D eigenvalue weighted by Crippen LogP contribution is 2.36. The van der Waals surface area contributed by atoms with Gasteiger partial charge in [-0.05, 0) is 25.1 Å². The van der Waals surface area contributed by atoms with Crippen LogP contribution in [0.15, 0.2) is 18.2 Å². The highest BCUT2D eigenvalue weighted by Gasteiger charge is 2.10. The summed E-state index contributed by atoms with van der Waals surface area (Å²) in [5.41, 5.74) is 5.39. The summed E-state index contributed by atoms with van der Waals surface area (Å²) >= 11 is 0. The van der Waals surface area contributed by atoms with E-state index >= 15 is 0 Å². The highest BCUT2D eigenvalue weighted by atomic mass is 16.5. The van der Waals surface area contributed by atoms with Crippen LogP contribution in [0.3, 0.4) is 0 Å². The molecule has 0 amide bonds. The molecule has 0 spiro atoms. The molecule has 0 aliphatic heterocycles. The maximum Gasteiger partial charge on any atom is 0.203 e. The van der Waals surface area contributed by atoms with Crippen LogP contribution in [-0.4, -0.2) is 27.4 Å². The van der Waals surface area contributed by atoms with E-state index in [0.29, 0.717) is 30.4 Å². The van der Waals surface area contributed by atoms with Crippen molar-refractivity contribution >= 4 is 0 Å². The van der Waals surface area contributed by atoms with Crippen LogP contribution in [0.4, 0.5) is 0 Å². The molecular formula is C11H17NO3. The number of ether oxygens (including phenoxy) is 3. The lowest BCUT2D eigenvalue weighted by Crippen LogP contribution is -2.07. The van der Waals surface area contributed by atoms with Gasteiger partial charge in [0.05, 0.1) is 20.8 Å². The summed E-state index contributed by atoms with van der Waals surface area (Å²) in [5, 5.41) is 0. The van der Waals surface area contributed by atoms with Gasteiger partial charge in [0, 0.05) is 0 Å². The van der Waals surface area contributed by atoms with Gasteiger partial charge in [-0.2, -0.15) is 0 Å². The Morgan fingerprint density at radius 3 is 2.20 bits per heavy atom. The SMILES string of the molecule is COc1cccc(OC)c1OCCCN. The third-order valence-electron chi connectivity index (χ3n) is 1.98. The predicted octanol–water partition coefficient (Wildman–Crippen LogP) is 1.43. The lowest BCUT2D eigenvalue weighted by molar-refractivity contribution is 0.272. The number of hydrogen-bond acceptors (Lipinski definition) is 4.